The molecule has 0 saturated heterocycles. The monoisotopic (exact) mass is 277 g/mol. The average molecular weight is 277 g/mol. The molecule has 1 aromatic rings. The second-order valence-electron chi connectivity index (χ2n) is 4.17. The molecular formula is C13H15N3O2S. The first-order valence-corrected chi connectivity index (χ1v) is 7.43. The topological polar surface area (TPSA) is 85.0 Å². The second-order valence-corrected chi connectivity index (χ2v) is 6.28. The van der Waals surface area contributed by atoms with Gasteiger partial charge in [-0.05, 0) is 25.2 Å². The molecule has 1 rings (SSSR count). The molecule has 0 aliphatic carbocycles. The Morgan fingerprint density at radius 1 is 1.26 bits per heavy atom. The Morgan fingerprint density at radius 2 is 2.00 bits per heavy atom. The van der Waals surface area contributed by atoms with Gasteiger partial charge >= 0.3 is 0 Å². The molecule has 0 aromatic heterocycles. The molecule has 6 heteroatoms. The van der Waals surface area contributed by atoms with Gasteiger partial charge in [-0.1, -0.05) is 6.07 Å². The van der Waals surface area contributed by atoms with E-state index in [1.165, 1.54) is 12.1 Å². The summed E-state index contributed by atoms with van der Waals surface area (Å²) in [7, 11) is -1.61. The minimum Gasteiger partial charge on any atom is -0.304 e. The molecule has 0 heterocycles. The van der Waals surface area contributed by atoms with Crippen LogP contribution in [-0.4, -0.2) is 39.2 Å². The number of benzene rings is 1. The van der Waals surface area contributed by atoms with Gasteiger partial charge in [0.05, 0.1) is 28.4 Å². The molecule has 0 N–H and O–H groups in total. The predicted molar refractivity (Wildman–Crippen MR) is 70.9 cm³/mol. The van der Waals surface area contributed by atoms with Crippen molar-refractivity contribution in [2.45, 2.75) is 11.3 Å². The van der Waals surface area contributed by atoms with Crippen LogP contribution in [0.1, 0.15) is 12.0 Å². The van der Waals surface area contributed by atoms with Crippen molar-refractivity contribution < 1.29 is 8.42 Å². The summed E-state index contributed by atoms with van der Waals surface area (Å²) in [4.78, 5) is 1.97. The molecule has 19 heavy (non-hydrogen) atoms. The number of nitriles is 2. The van der Waals surface area contributed by atoms with Crippen molar-refractivity contribution >= 4 is 9.84 Å². The number of sulfone groups is 1. The molecule has 100 valence electrons. The molecule has 5 nitrogen and oxygen atoms in total. The van der Waals surface area contributed by atoms with Crippen LogP contribution in [0.15, 0.2) is 29.2 Å². The lowest BCUT2D eigenvalue weighted by Crippen LogP contribution is -2.26. The summed E-state index contributed by atoms with van der Waals surface area (Å²) in [5.41, 5.74) is 0.332. The van der Waals surface area contributed by atoms with Gasteiger partial charge in [-0.3, -0.25) is 0 Å². The molecule has 0 atom stereocenters. The maximum Gasteiger partial charge on any atom is 0.179 e. The van der Waals surface area contributed by atoms with Crippen LogP contribution in [0.25, 0.3) is 0 Å². The Labute approximate surface area is 113 Å². The Balaban J connectivity index is 2.71. The van der Waals surface area contributed by atoms with Gasteiger partial charge in [-0.15, -0.1) is 0 Å². The molecule has 0 amide bonds. The lowest BCUT2D eigenvalue weighted by atomic mass is 10.2. The van der Waals surface area contributed by atoms with Crippen molar-refractivity contribution in [2.24, 2.45) is 0 Å². The van der Waals surface area contributed by atoms with Gasteiger partial charge in [-0.25, -0.2) is 8.42 Å². The molecule has 0 saturated carbocycles. The van der Waals surface area contributed by atoms with Crippen molar-refractivity contribution in [1.82, 2.24) is 4.90 Å². The van der Waals surface area contributed by atoms with Crippen LogP contribution in [-0.2, 0) is 9.84 Å². The molecule has 1 aromatic carbocycles. The first kappa shape index (κ1) is 15.2. The highest BCUT2D eigenvalue weighted by Crippen LogP contribution is 2.13. The molecule has 0 fully saturated rings. The number of hydrogen-bond donors (Lipinski definition) is 0. The van der Waals surface area contributed by atoms with E-state index in [1.807, 2.05) is 12.1 Å². The fourth-order valence-corrected chi connectivity index (χ4v) is 2.89. The molecule has 0 aliphatic heterocycles. The van der Waals surface area contributed by atoms with Gasteiger partial charge in [0.25, 0.3) is 0 Å². The predicted octanol–water partition coefficient (Wildman–Crippen LogP) is 1.18. The second kappa shape index (κ2) is 6.89. The fraction of sp³-hybridized carbons (Fsp3) is 0.385. The average Bonchev–Trinajstić information content (AvgIpc) is 2.43. The highest BCUT2D eigenvalue weighted by atomic mass is 32.2. The Hall–Kier alpha value is -1.89. The summed E-state index contributed by atoms with van der Waals surface area (Å²) in [5, 5.41) is 17.2. The summed E-state index contributed by atoms with van der Waals surface area (Å²) >= 11 is 0. The van der Waals surface area contributed by atoms with Crippen molar-refractivity contribution in [1.29, 1.82) is 10.5 Å². The standard InChI is InChI=1S/C13H15N3O2S/c1-16(7-3-6-14)8-9-19(17,18)13-5-2-4-12(10-13)11-15/h2,4-5,10H,3,7-9H2,1H3. The molecule has 0 spiro atoms. The van der Waals surface area contributed by atoms with E-state index < -0.39 is 9.84 Å². The Kier molecular flexibility index (Phi) is 5.50. The van der Waals surface area contributed by atoms with Crippen LogP contribution < -0.4 is 0 Å². The van der Waals surface area contributed by atoms with E-state index in [0.717, 1.165) is 0 Å². The third-order valence-corrected chi connectivity index (χ3v) is 4.36. The molecule has 0 aliphatic rings. The third-order valence-electron chi connectivity index (χ3n) is 2.67. The van der Waals surface area contributed by atoms with Crippen molar-refractivity contribution in [3.05, 3.63) is 29.8 Å². The van der Waals surface area contributed by atoms with Crippen molar-refractivity contribution in [2.75, 3.05) is 25.9 Å². The van der Waals surface area contributed by atoms with Crippen LogP contribution in [0, 0.1) is 22.7 Å². The van der Waals surface area contributed by atoms with E-state index in [9.17, 15) is 8.42 Å². The highest BCUT2D eigenvalue weighted by molar-refractivity contribution is 7.91. The minimum absolute atomic E-state index is 0.0240. The quantitative estimate of drug-likeness (QED) is 0.779. The summed E-state index contributed by atoms with van der Waals surface area (Å²) in [5.74, 6) is -0.0240. The molecule has 0 bridgehead atoms. The summed E-state index contributed by atoms with van der Waals surface area (Å²) in [6.07, 6.45) is 0.375. The van der Waals surface area contributed by atoms with E-state index in [1.54, 1.807) is 24.1 Å². The maximum absolute atomic E-state index is 12.1. The van der Waals surface area contributed by atoms with Crippen LogP contribution in [0.2, 0.25) is 0 Å². The zero-order valence-corrected chi connectivity index (χ0v) is 11.5. The Morgan fingerprint density at radius 3 is 2.63 bits per heavy atom. The summed E-state index contributed by atoms with van der Waals surface area (Å²) in [6, 6.07) is 9.94. The SMILES string of the molecule is CN(CCC#N)CCS(=O)(=O)c1cccc(C#N)c1. The lowest BCUT2D eigenvalue weighted by Gasteiger charge is -2.14. The zero-order chi connectivity index (χ0) is 14.3. The largest absolute Gasteiger partial charge is 0.304 e. The fourth-order valence-electron chi connectivity index (χ4n) is 1.51. The van der Waals surface area contributed by atoms with E-state index in [0.29, 0.717) is 25.1 Å². The van der Waals surface area contributed by atoms with E-state index in [-0.39, 0.29) is 10.6 Å². The lowest BCUT2D eigenvalue weighted by molar-refractivity contribution is 0.362. The first-order chi connectivity index (χ1) is 8.99. The smallest absolute Gasteiger partial charge is 0.179 e. The number of nitrogens with zero attached hydrogens (tertiary/aromatic N) is 3. The number of hydrogen-bond acceptors (Lipinski definition) is 5. The third kappa shape index (κ3) is 4.70. The molecule has 0 radical (unpaired) electrons. The molecule has 0 unspecified atom stereocenters. The minimum atomic E-state index is -3.39. The maximum atomic E-state index is 12.1. The van der Waals surface area contributed by atoms with Crippen LogP contribution >= 0.6 is 0 Å². The Bertz CT molecular complexity index is 612. The van der Waals surface area contributed by atoms with Gasteiger partial charge < -0.3 is 4.90 Å². The van der Waals surface area contributed by atoms with Crippen molar-refractivity contribution in [3.8, 4) is 12.1 Å². The number of rotatable bonds is 6. The van der Waals surface area contributed by atoms with E-state index >= 15 is 0 Å². The van der Waals surface area contributed by atoms with E-state index in [4.69, 9.17) is 10.5 Å². The van der Waals surface area contributed by atoms with Gasteiger partial charge in [0.15, 0.2) is 9.84 Å². The molecular weight excluding hydrogens is 262 g/mol. The van der Waals surface area contributed by atoms with Crippen LogP contribution in [0.4, 0.5) is 0 Å². The van der Waals surface area contributed by atoms with E-state index in [2.05, 4.69) is 0 Å². The summed E-state index contributed by atoms with van der Waals surface area (Å²) < 4.78 is 24.2. The van der Waals surface area contributed by atoms with Crippen molar-refractivity contribution in [3.63, 3.8) is 0 Å². The van der Waals surface area contributed by atoms with Gasteiger partial charge in [0.1, 0.15) is 0 Å². The van der Waals surface area contributed by atoms with Gasteiger partial charge in [-0.2, -0.15) is 10.5 Å². The zero-order valence-electron chi connectivity index (χ0n) is 10.7. The van der Waals surface area contributed by atoms with Crippen LogP contribution in [0.5, 0.6) is 0 Å². The van der Waals surface area contributed by atoms with Gasteiger partial charge in [0.2, 0.25) is 0 Å². The highest BCUT2D eigenvalue weighted by Gasteiger charge is 2.15. The summed E-state index contributed by atoms with van der Waals surface area (Å²) in [6.45, 7) is 0.908. The van der Waals surface area contributed by atoms with Crippen LogP contribution in [0.3, 0.4) is 0 Å². The normalized spacial score (nSPS) is 10.9. The van der Waals surface area contributed by atoms with Gasteiger partial charge in [0, 0.05) is 19.5 Å². The first-order valence-electron chi connectivity index (χ1n) is 5.78.